The van der Waals surface area contributed by atoms with Gasteiger partial charge in [0.2, 0.25) is 0 Å². The van der Waals surface area contributed by atoms with Crippen LogP contribution < -0.4 is 10.5 Å². The van der Waals surface area contributed by atoms with Gasteiger partial charge in [0, 0.05) is 18.8 Å². The Morgan fingerprint density at radius 2 is 2.18 bits per heavy atom. The van der Waals surface area contributed by atoms with Crippen LogP contribution in [0.1, 0.15) is 19.5 Å². The molecule has 0 aliphatic rings. The van der Waals surface area contributed by atoms with E-state index in [0.717, 1.165) is 5.69 Å². The molecule has 0 aliphatic carbocycles. The fraction of sp³-hybridized carbons (Fsp3) is 0.500. The van der Waals surface area contributed by atoms with Crippen LogP contribution in [0.4, 0.5) is 5.82 Å². The zero-order valence-electron chi connectivity index (χ0n) is 10.7. The molecule has 0 aliphatic heterocycles. The topological polar surface area (TPSA) is 68.5 Å². The molecule has 94 valence electrons. The number of hydrogen-bond donors (Lipinski definition) is 1. The highest BCUT2D eigenvalue weighted by Gasteiger charge is 2.13. The number of aromatic nitrogens is 1. The molecule has 1 aromatic heterocycles. The van der Waals surface area contributed by atoms with E-state index < -0.39 is 0 Å². The van der Waals surface area contributed by atoms with Crippen molar-refractivity contribution in [3.05, 3.63) is 17.8 Å². The molecule has 0 radical (unpaired) electrons. The first-order chi connectivity index (χ1) is 7.91. The van der Waals surface area contributed by atoms with Gasteiger partial charge in [0.05, 0.1) is 0 Å². The highest BCUT2D eigenvalue weighted by molar-refractivity contribution is 5.77. The Bertz CT molecular complexity index is 405. The number of nitrogens with two attached hydrogens (primary N) is 1. The standard InChI is InChI=1S/C12H19N3O2/c1-8(2)15(4)11(16)7-17-10-6-5-9(3)14-12(10)13/h5-6,8H,7H2,1-4H3,(H2,13,14). The number of ether oxygens (including phenoxy) is 1. The lowest BCUT2D eigenvalue weighted by molar-refractivity contribution is -0.133. The Balaban J connectivity index is 2.59. The van der Waals surface area contributed by atoms with E-state index in [1.807, 2.05) is 20.8 Å². The van der Waals surface area contributed by atoms with Gasteiger partial charge in [-0.05, 0) is 32.9 Å². The SMILES string of the molecule is Cc1ccc(OCC(=O)N(C)C(C)C)c(N)n1. The van der Waals surface area contributed by atoms with Gasteiger partial charge in [-0.25, -0.2) is 4.98 Å². The van der Waals surface area contributed by atoms with Gasteiger partial charge in [0.15, 0.2) is 18.2 Å². The molecule has 17 heavy (non-hydrogen) atoms. The molecule has 0 unspecified atom stereocenters. The number of pyridine rings is 1. The van der Waals surface area contributed by atoms with Gasteiger partial charge in [-0.3, -0.25) is 4.79 Å². The van der Waals surface area contributed by atoms with Crippen LogP contribution in [0.15, 0.2) is 12.1 Å². The van der Waals surface area contributed by atoms with Crippen molar-refractivity contribution in [3.63, 3.8) is 0 Å². The molecule has 0 fully saturated rings. The van der Waals surface area contributed by atoms with Crippen LogP contribution in [0.5, 0.6) is 5.75 Å². The minimum absolute atomic E-state index is 0.0242. The predicted molar refractivity (Wildman–Crippen MR) is 66.8 cm³/mol. The lowest BCUT2D eigenvalue weighted by atomic mass is 10.3. The Labute approximate surface area is 102 Å². The predicted octanol–water partition coefficient (Wildman–Crippen LogP) is 1.22. The summed E-state index contributed by atoms with van der Waals surface area (Å²) in [5, 5.41) is 0. The molecule has 0 aromatic carbocycles. The van der Waals surface area contributed by atoms with Crippen molar-refractivity contribution in [2.24, 2.45) is 0 Å². The molecular weight excluding hydrogens is 218 g/mol. The summed E-state index contributed by atoms with van der Waals surface area (Å²) < 4.78 is 5.35. The van der Waals surface area contributed by atoms with E-state index in [2.05, 4.69) is 4.98 Å². The van der Waals surface area contributed by atoms with Gasteiger partial charge in [-0.2, -0.15) is 0 Å². The van der Waals surface area contributed by atoms with Crippen LogP contribution in [0.25, 0.3) is 0 Å². The molecule has 0 spiro atoms. The number of carbonyl (C=O) groups is 1. The highest BCUT2D eigenvalue weighted by atomic mass is 16.5. The molecule has 5 nitrogen and oxygen atoms in total. The quantitative estimate of drug-likeness (QED) is 0.854. The van der Waals surface area contributed by atoms with Crippen LogP contribution >= 0.6 is 0 Å². The average Bonchev–Trinajstić information content (AvgIpc) is 2.26. The van der Waals surface area contributed by atoms with E-state index in [1.54, 1.807) is 24.1 Å². The van der Waals surface area contributed by atoms with Gasteiger partial charge in [0.25, 0.3) is 5.91 Å². The summed E-state index contributed by atoms with van der Waals surface area (Å²) in [5.74, 6) is 0.672. The summed E-state index contributed by atoms with van der Waals surface area (Å²) in [6.45, 7) is 5.71. The minimum atomic E-state index is -0.0834. The number of carbonyl (C=O) groups excluding carboxylic acids is 1. The Morgan fingerprint density at radius 3 is 2.71 bits per heavy atom. The molecule has 2 N–H and O–H groups in total. The first-order valence-electron chi connectivity index (χ1n) is 5.53. The van der Waals surface area contributed by atoms with Crippen molar-refractivity contribution in [2.75, 3.05) is 19.4 Å². The number of rotatable bonds is 4. The Morgan fingerprint density at radius 1 is 1.53 bits per heavy atom. The van der Waals surface area contributed by atoms with Crippen LogP contribution in [0.3, 0.4) is 0 Å². The largest absolute Gasteiger partial charge is 0.480 e. The molecule has 1 rings (SSSR count). The normalized spacial score (nSPS) is 10.4. The summed E-state index contributed by atoms with van der Waals surface area (Å²) in [5.41, 5.74) is 6.50. The fourth-order valence-electron chi connectivity index (χ4n) is 1.22. The van der Waals surface area contributed by atoms with Crippen LogP contribution in [-0.2, 0) is 4.79 Å². The third-order valence-corrected chi connectivity index (χ3v) is 2.54. The average molecular weight is 237 g/mol. The summed E-state index contributed by atoms with van der Waals surface area (Å²) >= 11 is 0. The first kappa shape index (κ1) is 13.3. The molecule has 0 bridgehead atoms. The number of likely N-dealkylation sites (N-methyl/N-ethyl adjacent to an activating group) is 1. The first-order valence-corrected chi connectivity index (χ1v) is 5.53. The molecule has 1 aromatic rings. The molecule has 0 saturated heterocycles. The van der Waals surface area contributed by atoms with E-state index >= 15 is 0 Å². The van der Waals surface area contributed by atoms with Crippen LogP contribution in [-0.4, -0.2) is 35.5 Å². The van der Waals surface area contributed by atoms with Crippen LogP contribution in [0, 0.1) is 6.92 Å². The summed E-state index contributed by atoms with van der Waals surface area (Å²) in [4.78, 5) is 17.4. The zero-order chi connectivity index (χ0) is 13.0. The fourth-order valence-corrected chi connectivity index (χ4v) is 1.22. The molecule has 1 amide bonds. The van der Waals surface area contributed by atoms with E-state index in [4.69, 9.17) is 10.5 Å². The molecule has 1 heterocycles. The summed E-state index contributed by atoms with van der Waals surface area (Å²) in [7, 11) is 1.74. The Kier molecular flexibility index (Phi) is 4.31. The van der Waals surface area contributed by atoms with Gasteiger partial charge in [-0.15, -0.1) is 0 Å². The van der Waals surface area contributed by atoms with E-state index in [0.29, 0.717) is 11.6 Å². The minimum Gasteiger partial charge on any atom is -0.480 e. The maximum atomic E-state index is 11.7. The van der Waals surface area contributed by atoms with Crippen molar-refractivity contribution in [2.45, 2.75) is 26.8 Å². The second-order valence-electron chi connectivity index (χ2n) is 4.22. The smallest absolute Gasteiger partial charge is 0.260 e. The molecule has 0 atom stereocenters. The molecular formula is C12H19N3O2. The van der Waals surface area contributed by atoms with E-state index in [1.165, 1.54) is 0 Å². The molecule has 0 saturated carbocycles. The van der Waals surface area contributed by atoms with Gasteiger partial charge in [-0.1, -0.05) is 0 Å². The number of hydrogen-bond acceptors (Lipinski definition) is 4. The molecule has 5 heteroatoms. The highest BCUT2D eigenvalue weighted by Crippen LogP contribution is 2.18. The second-order valence-corrected chi connectivity index (χ2v) is 4.22. The van der Waals surface area contributed by atoms with Gasteiger partial charge >= 0.3 is 0 Å². The zero-order valence-corrected chi connectivity index (χ0v) is 10.7. The van der Waals surface area contributed by atoms with Crippen molar-refractivity contribution in [3.8, 4) is 5.75 Å². The third kappa shape index (κ3) is 3.62. The van der Waals surface area contributed by atoms with Crippen molar-refractivity contribution < 1.29 is 9.53 Å². The maximum absolute atomic E-state index is 11.7. The summed E-state index contributed by atoms with van der Waals surface area (Å²) in [6.07, 6.45) is 0. The monoisotopic (exact) mass is 237 g/mol. The lowest BCUT2D eigenvalue weighted by Gasteiger charge is -2.21. The van der Waals surface area contributed by atoms with Gasteiger partial charge < -0.3 is 15.4 Å². The third-order valence-electron chi connectivity index (χ3n) is 2.54. The number of nitrogen functional groups attached to an aromatic ring is 1. The van der Waals surface area contributed by atoms with Gasteiger partial charge in [0.1, 0.15) is 0 Å². The number of aryl methyl sites for hydroxylation is 1. The van der Waals surface area contributed by atoms with Crippen molar-refractivity contribution in [1.82, 2.24) is 9.88 Å². The number of anilines is 1. The van der Waals surface area contributed by atoms with Crippen molar-refractivity contribution in [1.29, 1.82) is 0 Å². The van der Waals surface area contributed by atoms with E-state index in [-0.39, 0.29) is 18.6 Å². The maximum Gasteiger partial charge on any atom is 0.260 e. The second kappa shape index (κ2) is 5.52. The van der Waals surface area contributed by atoms with Crippen LogP contribution in [0.2, 0.25) is 0 Å². The summed E-state index contributed by atoms with van der Waals surface area (Å²) in [6, 6.07) is 3.67. The Hall–Kier alpha value is -1.78. The van der Waals surface area contributed by atoms with Crippen molar-refractivity contribution >= 4 is 11.7 Å². The lowest BCUT2D eigenvalue weighted by Crippen LogP contribution is -2.36. The number of amides is 1. The number of nitrogens with zero attached hydrogens (tertiary/aromatic N) is 2. The van der Waals surface area contributed by atoms with E-state index in [9.17, 15) is 4.79 Å².